The lowest BCUT2D eigenvalue weighted by Crippen LogP contribution is -2.32. The fraction of sp³-hybridized carbons (Fsp3) is 0.889. The zero-order valence-electron chi connectivity index (χ0n) is 14.7. The molecule has 0 aromatic rings. The normalized spacial score (nSPS) is 22.2. The summed E-state index contributed by atoms with van der Waals surface area (Å²) in [5, 5.41) is 0. The second-order valence-electron chi connectivity index (χ2n) is 7.31. The van der Waals surface area contributed by atoms with Crippen LogP contribution in [0.25, 0.3) is 0 Å². The van der Waals surface area contributed by atoms with Crippen LogP contribution < -0.4 is 0 Å². The molecule has 0 N–H and O–H groups in total. The average molecular weight is 312 g/mol. The fourth-order valence-electron chi connectivity index (χ4n) is 2.77. The average Bonchev–Trinajstić information content (AvgIpc) is 2.45. The first kappa shape index (κ1) is 19.0. The highest BCUT2D eigenvalue weighted by molar-refractivity contribution is 5.75. The van der Waals surface area contributed by atoms with Gasteiger partial charge in [0.15, 0.2) is 0 Å². The largest absolute Gasteiger partial charge is 0.465 e. The van der Waals surface area contributed by atoms with Crippen LogP contribution in [0.2, 0.25) is 0 Å². The van der Waals surface area contributed by atoms with Crippen LogP contribution in [0.3, 0.4) is 0 Å². The minimum Gasteiger partial charge on any atom is -0.465 e. The molecule has 1 rings (SSSR count). The van der Waals surface area contributed by atoms with Gasteiger partial charge < -0.3 is 9.47 Å². The van der Waals surface area contributed by atoms with Gasteiger partial charge in [0, 0.05) is 0 Å². The molecule has 0 amide bonds. The lowest BCUT2D eigenvalue weighted by Gasteiger charge is -2.28. The summed E-state index contributed by atoms with van der Waals surface area (Å²) in [7, 11) is 0. The third-order valence-corrected chi connectivity index (χ3v) is 4.04. The van der Waals surface area contributed by atoms with E-state index in [1.165, 1.54) is 12.8 Å². The first-order chi connectivity index (χ1) is 10.3. The van der Waals surface area contributed by atoms with Gasteiger partial charge in [-0.3, -0.25) is 9.59 Å². The number of hydrogen-bond donors (Lipinski definition) is 0. The quantitative estimate of drug-likeness (QED) is 0.520. The molecule has 1 saturated carbocycles. The summed E-state index contributed by atoms with van der Waals surface area (Å²) in [6, 6.07) is 0. The van der Waals surface area contributed by atoms with Gasteiger partial charge in [-0.25, -0.2) is 0 Å². The predicted molar refractivity (Wildman–Crippen MR) is 86.4 cm³/mol. The van der Waals surface area contributed by atoms with Gasteiger partial charge in [-0.2, -0.15) is 0 Å². The van der Waals surface area contributed by atoms with Crippen molar-refractivity contribution in [3.63, 3.8) is 0 Å². The molecule has 22 heavy (non-hydrogen) atoms. The van der Waals surface area contributed by atoms with Crippen molar-refractivity contribution in [2.45, 2.75) is 84.7 Å². The Morgan fingerprint density at radius 1 is 0.909 bits per heavy atom. The van der Waals surface area contributed by atoms with Crippen LogP contribution in [0.5, 0.6) is 0 Å². The maximum absolute atomic E-state index is 12.0. The Bertz CT molecular complexity index is 349. The lowest BCUT2D eigenvalue weighted by molar-refractivity contribution is -0.163. The van der Waals surface area contributed by atoms with Gasteiger partial charge in [-0.05, 0) is 52.9 Å². The molecule has 0 saturated heterocycles. The van der Waals surface area contributed by atoms with Crippen molar-refractivity contribution in [3.8, 4) is 0 Å². The van der Waals surface area contributed by atoms with E-state index in [9.17, 15) is 9.59 Å². The molecule has 4 nitrogen and oxygen atoms in total. The molecule has 128 valence electrons. The maximum atomic E-state index is 12.0. The molecule has 0 unspecified atom stereocenters. The standard InChI is InChI=1S/C18H32O4/c1-5-6-7-8-13-21-16(19)14-9-11-15(12-10-14)17(20)22-18(2,3)4/h14-15H,5-13H2,1-4H3. The van der Waals surface area contributed by atoms with Crippen molar-refractivity contribution in [1.82, 2.24) is 0 Å². The number of unbranched alkanes of at least 4 members (excludes halogenated alkanes) is 3. The molecule has 0 aliphatic heterocycles. The van der Waals surface area contributed by atoms with Crippen molar-refractivity contribution < 1.29 is 19.1 Å². The van der Waals surface area contributed by atoms with Crippen LogP contribution in [0.15, 0.2) is 0 Å². The van der Waals surface area contributed by atoms with Gasteiger partial charge in [0.2, 0.25) is 0 Å². The number of carbonyl (C=O) groups is 2. The summed E-state index contributed by atoms with van der Waals surface area (Å²) >= 11 is 0. The summed E-state index contributed by atoms with van der Waals surface area (Å²) in [5.74, 6) is -0.310. The molecule has 0 heterocycles. The zero-order valence-corrected chi connectivity index (χ0v) is 14.7. The predicted octanol–water partition coefficient (Wildman–Crippen LogP) is 4.26. The fourth-order valence-corrected chi connectivity index (χ4v) is 2.77. The van der Waals surface area contributed by atoms with E-state index in [-0.39, 0.29) is 23.8 Å². The molecule has 0 aromatic heterocycles. The molecule has 4 heteroatoms. The van der Waals surface area contributed by atoms with E-state index in [1.54, 1.807) is 0 Å². The SMILES string of the molecule is CCCCCCOC(=O)C1CCC(C(=O)OC(C)(C)C)CC1. The number of carbonyl (C=O) groups excluding carboxylic acids is 2. The Balaban J connectivity index is 2.24. The third kappa shape index (κ3) is 7.28. The Hall–Kier alpha value is -1.06. The summed E-state index contributed by atoms with van der Waals surface area (Å²) in [4.78, 5) is 24.0. The number of esters is 2. The van der Waals surface area contributed by atoms with Crippen molar-refractivity contribution in [2.75, 3.05) is 6.61 Å². The molecule has 0 atom stereocenters. The van der Waals surface area contributed by atoms with Gasteiger partial charge in [-0.15, -0.1) is 0 Å². The van der Waals surface area contributed by atoms with Gasteiger partial charge in [0.05, 0.1) is 18.4 Å². The van der Waals surface area contributed by atoms with Crippen molar-refractivity contribution >= 4 is 11.9 Å². The van der Waals surface area contributed by atoms with Crippen LogP contribution in [0.4, 0.5) is 0 Å². The monoisotopic (exact) mass is 312 g/mol. The van der Waals surface area contributed by atoms with E-state index in [0.29, 0.717) is 6.61 Å². The summed E-state index contributed by atoms with van der Waals surface area (Å²) < 4.78 is 10.8. The van der Waals surface area contributed by atoms with Crippen LogP contribution >= 0.6 is 0 Å². The molecule has 1 fully saturated rings. The van der Waals surface area contributed by atoms with E-state index >= 15 is 0 Å². The topological polar surface area (TPSA) is 52.6 Å². The summed E-state index contributed by atoms with van der Waals surface area (Å²) in [5.41, 5.74) is -0.439. The highest BCUT2D eigenvalue weighted by atomic mass is 16.6. The Morgan fingerprint density at radius 3 is 1.95 bits per heavy atom. The van der Waals surface area contributed by atoms with Gasteiger partial charge >= 0.3 is 11.9 Å². The van der Waals surface area contributed by atoms with Crippen molar-refractivity contribution in [3.05, 3.63) is 0 Å². The van der Waals surface area contributed by atoms with Crippen LogP contribution in [-0.2, 0) is 19.1 Å². The highest BCUT2D eigenvalue weighted by Crippen LogP contribution is 2.31. The van der Waals surface area contributed by atoms with Crippen molar-refractivity contribution in [2.24, 2.45) is 11.8 Å². The zero-order chi connectivity index (χ0) is 16.6. The van der Waals surface area contributed by atoms with Gasteiger partial charge in [0.25, 0.3) is 0 Å². The molecular formula is C18H32O4. The van der Waals surface area contributed by atoms with E-state index in [2.05, 4.69) is 6.92 Å². The Kier molecular flexibility index (Phi) is 7.91. The lowest BCUT2D eigenvalue weighted by atomic mass is 9.82. The van der Waals surface area contributed by atoms with Crippen LogP contribution in [-0.4, -0.2) is 24.1 Å². The molecule has 0 aromatic carbocycles. The third-order valence-electron chi connectivity index (χ3n) is 4.04. The molecule has 0 spiro atoms. The second-order valence-corrected chi connectivity index (χ2v) is 7.31. The van der Waals surface area contributed by atoms with E-state index in [0.717, 1.165) is 38.5 Å². The minimum atomic E-state index is -0.439. The molecule has 1 aliphatic rings. The Labute approximate surface area is 134 Å². The van der Waals surface area contributed by atoms with Crippen molar-refractivity contribution in [1.29, 1.82) is 0 Å². The van der Waals surface area contributed by atoms with E-state index in [1.807, 2.05) is 20.8 Å². The van der Waals surface area contributed by atoms with Gasteiger partial charge in [-0.1, -0.05) is 26.2 Å². The minimum absolute atomic E-state index is 0.0372. The Morgan fingerprint density at radius 2 is 1.45 bits per heavy atom. The molecule has 0 radical (unpaired) electrons. The summed E-state index contributed by atoms with van der Waals surface area (Å²) in [6.45, 7) is 8.34. The number of hydrogen-bond acceptors (Lipinski definition) is 4. The van der Waals surface area contributed by atoms with E-state index in [4.69, 9.17) is 9.47 Å². The van der Waals surface area contributed by atoms with Gasteiger partial charge in [0.1, 0.15) is 5.60 Å². The molecule has 1 aliphatic carbocycles. The highest BCUT2D eigenvalue weighted by Gasteiger charge is 2.33. The number of ether oxygens (including phenoxy) is 2. The maximum Gasteiger partial charge on any atom is 0.309 e. The van der Waals surface area contributed by atoms with E-state index < -0.39 is 5.60 Å². The number of rotatable bonds is 7. The molecule has 0 bridgehead atoms. The summed E-state index contributed by atoms with van der Waals surface area (Å²) in [6.07, 6.45) is 7.37. The van der Waals surface area contributed by atoms with Crippen LogP contribution in [0.1, 0.15) is 79.1 Å². The second kappa shape index (κ2) is 9.16. The first-order valence-electron chi connectivity index (χ1n) is 8.73. The first-order valence-corrected chi connectivity index (χ1v) is 8.73. The molecular weight excluding hydrogens is 280 g/mol. The smallest absolute Gasteiger partial charge is 0.309 e. The van der Waals surface area contributed by atoms with Crippen LogP contribution in [0, 0.1) is 11.8 Å².